The first-order valence-electron chi connectivity index (χ1n) is 6.00. The minimum atomic E-state index is -0.334. The molecule has 0 aliphatic heterocycles. The zero-order chi connectivity index (χ0) is 17.9. The number of aldehydes is 1. The lowest BCUT2D eigenvalue weighted by atomic mass is 10.1. The van der Waals surface area contributed by atoms with E-state index in [4.69, 9.17) is 0 Å². The third-order valence-corrected chi connectivity index (χ3v) is 8.79. The van der Waals surface area contributed by atoms with Gasteiger partial charge in [-0.3, -0.25) is 4.79 Å². The molecule has 0 N–H and O–H groups in total. The number of hydrogen-bond donors (Lipinski definition) is 0. The van der Waals surface area contributed by atoms with Gasteiger partial charge in [0, 0.05) is 32.6 Å². The second kappa shape index (κ2) is 9.35. The fourth-order valence-corrected chi connectivity index (χ4v) is 4.36. The normalized spacial score (nSPS) is 10.1. The second-order valence-corrected chi connectivity index (χ2v) is 8.78. The molecular formula is C15H9Br4F2IO. The molecule has 0 unspecified atom stereocenters. The predicted octanol–water partition coefficient (Wildman–Crippen LogP) is 7.74. The molecule has 0 aliphatic carbocycles. The number of halogens is 7. The molecule has 0 atom stereocenters. The van der Waals surface area contributed by atoms with Gasteiger partial charge in [0.15, 0.2) is 6.29 Å². The van der Waals surface area contributed by atoms with E-state index in [0.717, 1.165) is 12.5 Å². The summed E-state index contributed by atoms with van der Waals surface area (Å²) >= 11 is 14.9. The van der Waals surface area contributed by atoms with E-state index < -0.39 is 0 Å². The molecule has 0 aliphatic rings. The summed E-state index contributed by atoms with van der Waals surface area (Å²) in [6.45, 7) is 3.35. The van der Waals surface area contributed by atoms with Crippen LogP contribution >= 0.6 is 86.3 Å². The van der Waals surface area contributed by atoms with Gasteiger partial charge >= 0.3 is 0 Å². The zero-order valence-electron chi connectivity index (χ0n) is 11.8. The summed E-state index contributed by atoms with van der Waals surface area (Å²) in [6, 6.07) is 2.76. The van der Waals surface area contributed by atoms with Gasteiger partial charge in [0.2, 0.25) is 0 Å². The average molecular weight is 690 g/mol. The first-order chi connectivity index (χ1) is 10.6. The molecule has 0 aromatic heterocycles. The summed E-state index contributed by atoms with van der Waals surface area (Å²) in [7, 11) is 0. The fraction of sp³-hybridized carbons (Fsp3) is 0.133. The van der Waals surface area contributed by atoms with Gasteiger partial charge in [-0.2, -0.15) is 0 Å². The molecule has 2 aromatic carbocycles. The molecule has 0 radical (unpaired) electrons. The Morgan fingerprint density at radius 1 is 0.913 bits per heavy atom. The maximum Gasteiger partial charge on any atom is 0.152 e. The van der Waals surface area contributed by atoms with Crippen LogP contribution in [-0.2, 0) is 0 Å². The molecule has 1 nitrogen and oxygen atoms in total. The Balaban J connectivity index is 0.000000231. The monoisotopic (exact) mass is 686 g/mol. The summed E-state index contributed by atoms with van der Waals surface area (Å²) < 4.78 is 29.5. The Morgan fingerprint density at radius 2 is 1.35 bits per heavy atom. The number of rotatable bonds is 1. The van der Waals surface area contributed by atoms with Gasteiger partial charge in [0.05, 0.1) is 0 Å². The molecule has 0 spiro atoms. The highest BCUT2D eigenvalue weighted by Gasteiger charge is 2.11. The lowest BCUT2D eigenvalue weighted by Crippen LogP contribution is -1.92. The molecule has 0 saturated carbocycles. The Hall–Kier alpha value is 0.620. The smallest absolute Gasteiger partial charge is 0.152 e. The van der Waals surface area contributed by atoms with Crippen molar-refractivity contribution >= 4 is 92.6 Å². The van der Waals surface area contributed by atoms with E-state index in [0.29, 0.717) is 31.9 Å². The topological polar surface area (TPSA) is 17.1 Å². The molecule has 2 rings (SSSR count). The molecule has 23 heavy (non-hydrogen) atoms. The van der Waals surface area contributed by atoms with Crippen molar-refractivity contribution in [3.8, 4) is 0 Å². The van der Waals surface area contributed by atoms with Crippen LogP contribution in [0.5, 0.6) is 0 Å². The molecule has 0 saturated heterocycles. The van der Waals surface area contributed by atoms with E-state index in [9.17, 15) is 13.6 Å². The molecule has 0 bridgehead atoms. The van der Waals surface area contributed by atoms with Crippen LogP contribution < -0.4 is 0 Å². The maximum atomic E-state index is 13.0. The van der Waals surface area contributed by atoms with E-state index in [1.165, 1.54) is 12.1 Å². The Morgan fingerprint density at radius 3 is 1.83 bits per heavy atom. The van der Waals surface area contributed by atoms with Crippen LogP contribution in [0.4, 0.5) is 8.78 Å². The van der Waals surface area contributed by atoms with E-state index in [2.05, 4.69) is 86.3 Å². The Bertz CT molecular complexity index is 740. The predicted molar refractivity (Wildman–Crippen MR) is 111 cm³/mol. The van der Waals surface area contributed by atoms with Crippen LogP contribution in [-0.4, -0.2) is 6.29 Å². The van der Waals surface area contributed by atoms with Crippen molar-refractivity contribution in [2.45, 2.75) is 13.8 Å². The minimum Gasteiger partial charge on any atom is -0.298 e. The van der Waals surface area contributed by atoms with Crippen molar-refractivity contribution in [1.82, 2.24) is 0 Å². The Kier molecular flexibility index (Phi) is 8.81. The van der Waals surface area contributed by atoms with Crippen LogP contribution in [0.15, 0.2) is 30.0 Å². The first kappa shape index (κ1) is 21.7. The highest BCUT2D eigenvalue weighted by molar-refractivity contribution is 14.1. The molecule has 0 heterocycles. The van der Waals surface area contributed by atoms with E-state index in [1.807, 2.05) is 0 Å². The second-order valence-electron chi connectivity index (χ2n) is 4.40. The van der Waals surface area contributed by atoms with Gasteiger partial charge in [-0.1, -0.05) is 0 Å². The van der Waals surface area contributed by atoms with Gasteiger partial charge in [-0.25, -0.2) is 8.78 Å². The molecule has 0 fully saturated rings. The van der Waals surface area contributed by atoms with Crippen molar-refractivity contribution in [3.05, 3.63) is 61.9 Å². The zero-order valence-corrected chi connectivity index (χ0v) is 20.3. The lowest BCUT2D eigenvalue weighted by Gasteiger charge is -2.04. The third-order valence-electron chi connectivity index (χ3n) is 2.90. The van der Waals surface area contributed by atoms with Crippen LogP contribution in [0.25, 0.3) is 0 Å². The van der Waals surface area contributed by atoms with Crippen LogP contribution in [0.2, 0.25) is 0 Å². The summed E-state index contributed by atoms with van der Waals surface area (Å²) in [5, 5.41) is 0. The number of carbonyl (C=O) groups excluding carboxylic acids is 1. The van der Waals surface area contributed by atoms with Gasteiger partial charge in [-0.05, 0) is 118 Å². The summed E-state index contributed by atoms with van der Waals surface area (Å²) in [4.78, 5) is 10.5. The first-order valence-corrected chi connectivity index (χ1v) is 10.3. The van der Waals surface area contributed by atoms with Crippen molar-refractivity contribution in [3.63, 3.8) is 0 Å². The maximum absolute atomic E-state index is 13.0. The molecular weight excluding hydrogens is 681 g/mol. The van der Waals surface area contributed by atoms with E-state index in [-0.39, 0.29) is 11.6 Å². The van der Waals surface area contributed by atoms with Gasteiger partial charge in [0.25, 0.3) is 0 Å². The van der Waals surface area contributed by atoms with E-state index >= 15 is 0 Å². The van der Waals surface area contributed by atoms with Crippen molar-refractivity contribution < 1.29 is 13.6 Å². The molecule has 124 valence electrons. The highest BCUT2D eigenvalue weighted by Crippen LogP contribution is 2.31. The van der Waals surface area contributed by atoms with E-state index in [1.54, 1.807) is 13.8 Å². The Labute approximate surface area is 180 Å². The van der Waals surface area contributed by atoms with Crippen LogP contribution in [0, 0.1) is 29.1 Å². The van der Waals surface area contributed by atoms with Crippen molar-refractivity contribution in [1.29, 1.82) is 0 Å². The lowest BCUT2D eigenvalue weighted by molar-refractivity contribution is 0.112. The summed E-state index contributed by atoms with van der Waals surface area (Å²) in [5.41, 5.74) is 1.53. The number of hydrogen-bond acceptors (Lipinski definition) is 1. The van der Waals surface area contributed by atoms with Gasteiger partial charge in [0.1, 0.15) is 11.6 Å². The summed E-state index contributed by atoms with van der Waals surface area (Å²) in [5.74, 6) is -0.525. The van der Waals surface area contributed by atoms with Crippen LogP contribution in [0.1, 0.15) is 21.5 Å². The molecule has 8 heteroatoms. The largest absolute Gasteiger partial charge is 0.298 e. The molecule has 0 amide bonds. The van der Waals surface area contributed by atoms with Crippen LogP contribution in [0.3, 0.4) is 0 Å². The fourth-order valence-electron chi connectivity index (χ4n) is 1.47. The third kappa shape index (κ3) is 5.29. The number of benzene rings is 2. The standard InChI is InChI=1S/C8H5Br2FO.C7H4Br2FI/c1-4-7(11)2-6(9)5(3-12)8(4)10;1-3-5(10)2-4(8)7(11)6(3)9/h2-3H,1H3;2H,1H3. The summed E-state index contributed by atoms with van der Waals surface area (Å²) in [6.07, 6.45) is 0.681. The molecule has 2 aromatic rings. The SMILES string of the molecule is Cc1c(F)cc(Br)c(C=O)c1Br.Cc1c(F)cc(Br)c(I)c1Br. The average Bonchev–Trinajstić information content (AvgIpc) is 2.50. The van der Waals surface area contributed by atoms with Crippen molar-refractivity contribution in [2.75, 3.05) is 0 Å². The minimum absolute atomic E-state index is 0.191. The van der Waals surface area contributed by atoms with Gasteiger partial charge in [-0.15, -0.1) is 0 Å². The quantitative estimate of drug-likeness (QED) is 0.130. The van der Waals surface area contributed by atoms with Gasteiger partial charge < -0.3 is 0 Å². The highest BCUT2D eigenvalue weighted by atomic mass is 127. The number of carbonyl (C=O) groups is 1. The van der Waals surface area contributed by atoms with Crippen molar-refractivity contribution in [2.24, 2.45) is 0 Å².